The molecule has 0 atom stereocenters. The van der Waals surface area contributed by atoms with E-state index >= 15 is 0 Å². The van der Waals surface area contributed by atoms with Crippen molar-refractivity contribution in [1.29, 1.82) is 0 Å². The average molecular weight is 364 g/mol. The van der Waals surface area contributed by atoms with Crippen LogP contribution in [0.1, 0.15) is 58.8 Å². The van der Waals surface area contributed by atoms with Crippen LogP contribution in [0.4, 0.5) is 0 Å². The molecule has 0 spiro atoms. The number of rotatable bonds is 10. The van der Waals surface area contributed by atoms with Crippen LogP contribution >= 0.6 is 0 Å². The fourth-order valence-electron chi connectivity index (χ4n) is 3.78. The zero-order valence-corrected chi connectivity index (χ0v) is 17.2. The van der Waals surface area contributed by atoms with Crippen LogP contribution in [0, 0.1) is 0 Å². The van der Waals surface area contributed by atoms with Crippen molar-refractivity contribution in [2.45, 2.75) is 58.8 Å². The van der Waals surface area contributed by atoms with Crippen LogP contribution in [0.5, 0.6) is 0 Å². The lowest BCUT2D eigenvalue weighted by atomic mass is 9.97. The van der Waals surface area contributed by atoms with E-state index in [2.05, 4.69) is 40.4 Å². The van der Waals surface area contributed by atoms with Crippen molar-refractivity contribution in [3.05, 3.63) is 11.6 Å². The molecule has 0 saturated carbocycles. The molecule has 0 aromatic carbocycles. The Morgan fingerprint density at radius 1 is 1.04 bits per heavy atom. The maximum absolute atomic E-state index is 4.75. The van der Waals surface area contributed by atoms with Gasteiger partial charge in [-0.3, -0.25) is 4.99 Å². The minimum Gasteiger partial charge on any atom is -0.357 e. The first-order valence-corrected chi connectivity index (χ1v) is 11.0. The normalized spacial score (nSPS) is 20.1. The fraction of sp³-hybridized carbons (Fsp3) is 0.857. The first-order valence-electron chi connectivity index (χ1n) is 11.0. The van der Waals surface area contributed by atoms with Crippen LogP contribution in [0.15, 0.2) is 16.6 Å². The molecular formula is C21H41N5. The van der Waals surface area contributed by atoms with Gasteiger partial charge in [-0.1, -0.05) is 18.6 Å². The predicted molar refractivity (Wildman–Crippen MR) is 113 cm³/mol. The molecule has 5 heteroatoms. The maximum Gasteiger partial charge on any atom is 0.191 e. The second-order valence-electron chi connectivity index (χ2n) is 7.53. The van der Waals surface area contributed by atoms with Crippen LogP contribution < -0.4 is 10.6 Å². The summed E-state index contributed by atoms with van der Waals surface area (Å²) < 4.78 is 0. The minimum atomic E-state index is 0.924. The number of hydrogen-bond donors (Lipinski definition) is 2. The smallest absolute Gasteiger partial charge is 0.191 e. The topological polar surface area (TPSA) is 42.9 Å². The molecule has 5 nitrogen and oxygen atoms in total. The third kappa shape index (κ3) is 8.54. The zero-order chi connectivity index (χ0) is 18.5. The second-order valence-corrected chi connectivity index (χ2v) is 7.53. The van der Waals surface area contributed by atoms with E-state index in [1.54, 1.807) is 5.57 Å². The number of unbranched alkanes of at least 4 members (excludes halogenated alkanes) is 1. The van der Waals surface area contributed by atoms with Gasteiger partial charge in [-0.15, -0.1) is 0 Å². The summed E-state index contributed by atoms with van der Waals surface area (Å²) in [5, 5.41) is 6.88. The summed E-state index contributed by atoms with van der Waals surface area (Å²) >= 11 is 0. The van der Waals surface area contributed by atoms with Crippen LogP contribution in [-0.2, 0) is 0 Å². The Kier molecular flexibility index (Phi) is 10.7. The Hall–Kier alpha value is -1.07. The molecule has 0 aromatic rings. The highest BCUT2D eigenvalue weighted by atomic mass is 15.3. The molecule has 2 aliphatic rings. The van der Waals surface area contributed by atoms with E-state index in [-0.39, 0.29) is 0 Å². The van der Waals surface area contributed by atoms with Gasteiger partial charge in [0, 0.05) is 45.8 Å². The summed E-state index contributed by atoms with van der Waals surface area (Å²) in [5.74, 6) is 0.987. The van der Waals surface area contributed by atoms with Gasteiger partial charge < -0.3 is 20.4 Å². The van der Waals surface area contributed by atoms with E-state index in [1.165, 1.54) is 77.8 Å². The van der Waals surface area contributed by atoms with Crippen molar-refractivity contribution in [2.24, 2.45) is 4.99 Å². The van der Waals surface area contributed by atoms with Gasteiger partial charge in [0.25, 0.3) is 0 Å². The van der Waals surface area contributed by atoms with Gasteiger partial charge >= 0.3 is 0 Å². The van der Waals surface area contributed by atoms with Crippen LogP contribution in [0.25, 0.3) is 0 Å². The van der Waals surface area contributed by atoms with Gasteiger partial charge in [-0.25, -0.2) is 0 Å². The summed E-state index contributed by atoms with van der Waals surface area (Å²) in [4.78, 5) is 9.90. The maximum atomic E-state index is 4.75. The van der Waals surface area contributed by atoms with E-state index in [0.29, 0.717) is 0 Å². The van der Waals surface area contributed by atoms with Crippen LogP contribution in [-0.4, -0.2) is 74.7 Å². The number of nitrogens with zero attached hydrogens (tertiary/aromatic N) is 3. The highest BCUT2D eigenvalue weighted by molar-refractivity contribution is 5.79. The van der Waals surface area contributed by atoms with E-state index in [0.717, 1.165) is 32.0 Å². The molecule has 1 aliphatic carbocycles. The third-order valence-corrected chi connectivity index (χ3v) is 5.53. The number of aliphatic imine (C=N–C) groups is 1. The molecule has 26 heavy (non-hydrogen) atoms. The number of likely N-dealkylation sites (N-methyl/N-ethyl adjacent to an activating group) is 1. The highest BCUT2D eigenvalue weighted by Crippen LogP contribution is 2.19. The molecule has 0 aromatic heterocycles. The Morgan fingerprint density at radius 2 is 1.85 bits per heavy atom. The molecule has 1 fully saturated rings. The molecule has 0 unspecified atom stereocenters. The summed E-state index contributed by atoms with van der Waals surface area (Å²) in [6, 6.07) is 0. The zero-order valence-electron chi connectivity index (χ0n) is 17.2. The van der Waals surface area contributed by atoms with E-state index < -0.39 is 0 Å². The summed E-state index contributed by atoms with van der Waals surface area (Å²) in [6.45, 7) is 14.6. The molecular weight excluding hydrogens is 322 g/mol. The number of piperazine rings is 1. The van der Waals surface area contributed by atoms with Crippen molar-refractivity contribution in [2.75, 3.05) is 58.9 Å². The van der Waals surface area contributed by atoms with Gasteiger partial charge in [-0.2, -0.15) is 0 Å². The summed E-state index contributed by atoms with van der Waals surface area (Å²) in [6.07, 6.45) is 11.3. The predicted octanol–water partition coefficient (Wildman–Crippen LogP) is 2.85. The molecule has 2 N–H and O–H groups in total. The summed E-state index contributed by atoms with van der Waals surface area (Å²) in [7, 11) is 0. The second kappa shape index (κ2) is 13.2. The van der Waals surface area contributed by atoms with Crippen molar-refractivity contribution < 1.29 is 0 Å². The van der Waals surface area contributed by atoms with Crippen LogP contribution in [0.2, 0.25) is 0 Å². The Balaban J connectivity index is 1.56. The van der Waals surface area contributed by atoms with E-state index in [9.17, 15) is 0 Å². The number of hydrogen-bond acceptors (Lipinski definition) is 3. The van der Waals surface area contributed by atoms with Crippen LogP contribution in [0.3, 0.4) is 0 Å². The lowest BCUT2D eigenvalue weighted by Crippen LogP contribution is -2.46. The lowest BCUT2D eigenvalue weighted by molar-refractivity contribution is 0.136. The lowest BCUT2D eigenvalue weighted by Gasteiger charge is -2.33. The monoisotopic (exact) mass is 363 g/mol. The minimum absolute atomic E-state index is 0.924. The van der Waals surface area contributed by atoms with E-state index in [4.69, 9.17) is 4.99 Å². The van der Waals surface area contributed by atoms with Crippen molar-refractivity contribution in [3.63, 3.8) is 0 Å². The number of allylic oxidation sites excluding steroid dienone is 1. The molecule has 1 heterocycles. The first kappa shape index (κ1) is 21.2. The molecule has 1 aliphatic heterocycles. The molecule has 2 rings (SSSR count). The van der Waals surface area contributed by atoms with Gasteiger partial charge in [0.1, 0.15) is 0 Å². The Bertz CT molecular complexity index is 424. The van der Waals surface area contributed by atoms with Gasteiger partial charge in [0.2, 0.25) is 0 Å². The average Bonchev–Trinajstić information content (AvgIpc) is 2.69. The van der Waals surface area contributed by atoms with Crippen molar-refractivity contribution >= 4 is 5.96 Å². The highest BCUT2D eigenvalue weighted by Gasteiger charge is 2.14. The fourth-order valence-corrected chi connectivity index (χ4v) is 3.78. The van der Waals surface area contributed by atoms with Crippen molar-refractivity contribution in [3.8, 4) is 0 Å². The van der Waals surface area contributed by atoms with Gasteiger partial charge in [0.15, 0.2) is 5.96 Å². The molecule has 0 radical (unpaired) electrons. The Labute approximate surface area is 161 Å². The summed E-state index contributed by atoms with van der Waals surface area (Å²) in [5.41, 5.74) is 1.63. The Morgan fingerprint density at radius 3 is 2.54 bits per heavy atom. The molecule has 150 valence electrons. The first-order chi connectivity index (χ1) is 12.8. The molecule has 1 saturated heterocycles. The largest absolute Gasteiger partial charge is 0.357 e. The SMILES string of the molecule is CCNC(=NCCCCN1CCN(CC)CC1)NCCC1=CCCCC1. The van der Waals surface area contributed by atoms with E-state index in [1.807, 2.05) is 0 Å². The number of guanidine groups is 1. The quantitative estimate of drug-likeness (QED) is 0.271. The number of nitrogens with one attached hydrogen (secondary N) is 2. The standard InChI is InChI=1S/C21H41N5/c1-3-22-21(24-14-12-20-10-6-5-7-11-20)23-13-8-9-15-26-18-16-25(4-2)17-19-26/h10H,3-9,11-19H2,1-2H3,(H2,22,23,24). The van der Waals surface area contributed by atoms with Gasteiger partial charge in [-0.05, 0) is 65.0 Å². The van der Waals surface area contributed by atoms with Crippen molar-refractivity contribution in [1.82, 2.24) is 20.4 Å². The molecule has 0 amide bonds. The third-order valence-electron chi connectivity index (χ3n) is 5.53. The van der Waals surface area contributed by atoms with Gasteiger partial charge in [0.05, 0.1) is 0 Å². The molecule has 0 bridgehead atoms.